The van der Waals surface area contributed by atoms with Gasteiger partial charge < -0.3 is 10.6 Å². The van der Waals surface area contributed by atoms with Gasteiger partial charge in [-0.3, -0.25) is 0 Å². The Morgan fingerprint density at radius 2 is 1.43 bits per heavy atom. The topological polar surface area (TPSA) is 24.1 Å². The number of hydrogen-bond acceptors (Lipinski definition) is 2. The van der Waals surface area contributed by atoms with Gasteiger partial charge in [0.2, 0.25) is 0 Å². The molecule has 0 saturated heterocycles. The molecule has 0 bridgehead atoms. The maximum absolute atomic E-state index is 3.69. The summed E-state index contributed by atoms with van der Waals surface area (Å²) in [6.45, 7) is 7.81. The lowest BCUT2D eigenvalue weighted by Crippen LogP contribution is -2.33. The summed E-state index contributed by atoms with van der Waals surface area (Å²) in [5.74, 6) is 1.00. The molecule has 0 aromatic rings. The van der Waals surface area contributed by atoms with Crippen molar-refractivity contribution in [1.29, 1.82) is 0 Å². The van der Waals surface area contributed by atoms with Crippen molar-refractivity contribution in [2.45, 2.75) is 96.9 Å². The zero-order chi connectivity index (χ0) is 15.2. The minimum atomic E-state index is 0.726. The number of hydrogen-bond donors (Lipinski definition) is 2. The summed E-state index contributed by atoms with van der Waals surface area (Å²) in [5.41, 5.74) is 0. The zero-order valence-electron chi connectivity index (χ0n) is 14.8. The summed E-state index contributed by atoms with van der Waals surface area (Å²) < 4.78 is 0. The molecule has 1 saturated carbocycles. The van der Waals surface area contributed by atoms with E-state index in [1.54, 1.807) is 0 Å². The molecule has 126 valence electrons. The first-order valence-electron chi connectivity index (χ1n) is 9.80. The molecule has 0 aromatic heterocycles. The van der Waals surface area contributed by atoms with Crippen LogP contribution in [0.4, 0.5) is 0 Å². The Hall–Kier alpha value is -0.0800. The first kappa shape index (κ1) is 19.0. The van der Waals surface area contributed by atoms with Gasteiger partial charge in [0.05, 0.1) is 0 Å². The average Bonchev–Trinajstić information content (AvgIpc) is 2.51. The molecule has 0 aliphatic heterocycles. The first-order chi connectivity index (χ1) is 10.4. The van der Waals surface area contributed by atoms with E-state index in [4.69, 9.17) is 0 Å². The van der Waals surface area contributed by atoms with E-state index in [1.165, 1.54) is 83.6 Å². The Morgan fingerprint density at radius 3 is 2.00 bits per heavy atom. The zero-order valence-corrected chi connectivity index (χ0v) is 14.8. The van der Waals surface area contributed by atoms with Crippen LogP contribution in [0.1, 0.15) is 90.9 Å². The molecule has 1 unspecified atom stereocenters. The molecule has 21 heavy (non-hydrogen) atoms. The van der Waals surface area contributed by atoms with Crippen molar-refractivity contribution in [1.82, 2.24) is 10.6 Å². The third-order valence-electron chi connectivity index (χ3n) is 5.06. The Morgan fingerprint density at radius 1 is 0.810 bits per heavy atom. The molecule has 2 heteroatoms. The highest BCUT2D eigenvalue weighted by molar-refractivity contribution is 4.71. The summed E-state index contributed by atoms with van der Waals surface area (Å²) >= 11 is 0. The largest absolute Gasteiger partial charge is 0.317 e. The van der Waals surface area contributed by atoms with Crippen LogP contribution in [0.3, 0.4) is 0 Å². The van der Waals surface area contributed by atoms with Gasteiger partial charge in [0.15, 0.2) is 0 Å². The summed E-state index contributed by atoms with van der Waals surface area (Å²) in [7, 11) is 0. The highest BCUT2D eigenvalue weighted by Crippen LogP contribution is 2.25. The molecule has 0 amide bonds. The van der Waals surface area contributed by atoms with Gasteiger partial charge in [0, 0.05) is 6.04 Å². The fourth-order valence-electron chi connectivity index (χ4n) is 3.71. The van der Waals surface area contributed by atoms with Crippen LogP contribution in [0, 0.1) is 5.92 Å². The predicted octanol–water partition coefficient (Wildman–Crippen LogP) is 4.89. The SMILES string of the molecule is CCNCCC(CCC1CCCCCCCCC1)NCC. The second kappa shape index (κ2) is 13.6. The number of rotatable bonds is 9. The number of nitrogens with one attached hydrogen (secondary N) is 2. The van der Waals surface area contributed by atoms with Gasteiger partial charge in [0.1, 0.15) is 0 Å². The van der Waals surface area contributed by atoms with Crippen molar-refractivity contribution in [3.05, 3.63) is 0 Å². The molecule has 1 fully saturated rings. The maximum Gasteiger partial charge on any atom is 0.00791 e. The van der Waals surface area contributed by atoms with E-state index < -0.39 is 0 Å². The molecule has 0 radical (unpaired) electrons. The first-order valence-corrected chi connectivity index (χ1v) is 9.80. The fourth-order valence-corrected chi connectivity index (χ4v) is 3.71. The second-order valence-corrected chi connectivity index (χ2v) is 6.89. The van der Waals surface area contributed by atoms with E-state index in [1.807, 2.05) is 0 Å². The minimum absolute atomic E-state index is 0.726. The average molecular weight is 297 g/mol. The van der Waals surface area contributed by atoms with Gasteiger partial charge in [-0.05, 0) is 44.8 Å². The molecule has 1 aliphatic rings. The van der Waals surface area contributed by atoms with Crippen molar-refractivity contribution in [2.75, 3.05) is 19.6 Å². The van der Waals surface area contributed by atoms with Crippen molar-refractivity contribution < 1.29 is 0 Å². The molecule has 1 aliphatic carbocycles. The van der Waals surface area contributed by atoms with Crippen molar-refractivity contribution in [3.63, 3.8) is 0 Å². The van der Waals surface area contributed by atoms with Gasteiger partial charge >= 0.3 is 0 Å². The van der Waals surface area contributed by atoms with Gasteiger partial charge in [-0.25, -0.2) is 0 Å². The van der Waals surface area contributed by atoms with E-state index in [9.17, 15) is 0 Å². The molecule has 0 aromatic carbocycles. The predicted molar refractivity (Wildman–Crippen MR) is 94.9 cm³/mol. The third-order valence-corrected chi connectivity index (χ3v) is 5.06. The lowest BCUT2D eigenvalue weighted by atomic mass is 9.87. The molecular weight excluding hydrogens is 256 g/mol. The molecule has 1 rings (SSSR count). The lowest BCUT2D eigenvalue weighted by Gasteiger charge is -2.23. The van der Waals surface area contributed by atoms with Crippen LogP contribution < -0.4 is 10.6 Å². The van der Waals surface area contributed by atoms with E-state index in [0.717, 1.165) is 25.0 Å². The molecular formula is C19H40N2. The second-order valence-electron chi connectivity index (χ2n) is 6.89. The van der Waals surface area contributed by atoms with Gasteiger partial charge in [-0.1, -0.05) is 71.6 Å². The Balaban J connectivity index is 2.25. The third kappa shape index (κ3) is 10.3. The van der Waals surface area contributed by atoms with Crippen LogP contribution in [0.15, 0.2) is 0 Å². The molecule has 0 spiro atoms. The minimum Gasteiger partial charge on any atom is -0.317 e. The van der Waals surface area contributed by atoms with Crippen LogP contribution in [0.25, 0.3) is 0 Å². The lowest BCUT2D eigenvalue weighted by molar-refractivity contribution is 0.332. The van der Waals surface area contributed by atoms with Crippen molar-refractivity contribution in [2.24, 2.45) is 5.92 Å². The highest BCUT2D eigenvalue weighted by Gasteiger charge is 2.13. The molecule has 2 N–H and O–H groups in total. The molecule has 1 atom stereocenters. The summed E-state index contributed by atoms with van der Waals surface area (Å²) in [6.07, 6.45) is 17.5. The smallest absolute Gasteiger partial charge is 0.00791 e. The van der Waals surface area contributed by atoms with E-state index >= 15 is 0 Å². The van der Waals surface area contributed by atoms with Crippen molar-refractivity contribution in [3.8, 4) is 0 Å². The van der Waals surface area contributed by atoms with E-state index in [-0.39, 0.29) is 0 Å². The normalized spacial score (nSPS) is 20.3. The van der Waals surface area contributed by atoms with Crippen LogP contribution in [-0.4, -0.2) is 25.7 Å². The summed E-state index contributed by atoms with van der Waals surface area (Å²) in [4.78, 5) is 0. The standard InChI is InChI=1S/C19H40N2/c1-3-20-17-16-19(21-4-2)15-14-18-12-10-8-6-5-7-9-11-13-18/h18-21H,3-17H2,1-2H3. The Bertz CT molecular complexity index is 208. The Kier molecular flexibility index (Phi) is 12.3. The summed E-state index contributed by atoms with van der Waals surface area (Å²) in [6, 6.07) is 0.726. The van der Waals surface area contributed by atoms with E-state index in [2.05, 4.69) is 24.5 Å². The van der Waals surface area contributed by atoms with Gasteiger partial charge in [-0.15, -0.1) is 0 Å². The molecule has 0 heterocycles. The van der Waals surface area contributed by atoms with Crippen LogP contribution in [-0.2, 0) is 0 Å². The molecule has 2 nitrogen and oxygen atoms in total. The van der Waals surface area contributed by atoms with E-state index in [0.29, 0.717) is 0 Å². The monoisotopic (exact) mass is 296 g/mol. The van der Waals surface area contributed by atoms with Crippen molar-refractivity contribution >= 4 is 0 Å². The summed E-state index contributed by atoms with van der Waals surface area (Å²) in [5, 5.41) is 7.16. The fraction of sp³-hybridized carbons (Fsp3) is 1.00. The highest BCUT2D eigenvalue weighted by atomic mass is 14.9. The van der Waals surface area contributed by atoms with Gasteiger partial charge in [-0.2, -0.15) is 0 Å². The maximum atomic E-state index is 3.69. The van der Waals surface area contributed by atoms with Crippen LogP contribution in [0.5, 0.6) is 0 Å². The quantitative estimate of drug-likeness (QED) is 0.592. The van der Waals surface area contributed by atoms with Crippen LogP contribution >= 0.6 is 0 Å². The van der Waals surface area contributed by atoms with Gasteiger partial charge in [0.25, 0.3) is 0 Å². The van der Waals surface area contributed by atoms with Crippen LogP contribution in [0.2, 0.25) is 0 Å². The Labute approximate surface area is 133 Å².